The van der Waals surface area contributed by atoms with Crippen LogP contribution in [0.4, 0.5) is 5.82 Å². The highest BCUT2D eigenvalue weighted by molar-refractivity contribution is 5.76. The molecule has 4 nitrogen and oxygen atoms in total. The van der Waals surface area contributed by atoms with E-state index in [2.05, 4.69) is 40.9 Å². The molecular weight excluding hydrogens is 224 g/mol. The van der Waals surface area contributed by atoms with Crippen LogP contribution in [0.2, 0.25) is 0 Å². The van der Waals surface area contributed by atoms with Gasteiger partial charge >= 0.3 is 0 Å². The van der Waals surface area contributed by atoms with Crippen LogP contribution in [0.1, 0.15) is 5.56 Å². The number of piperazine rings is 1. The van der Waals surface area contributed by atoms with Crippen LogP contribution in [0.25, 0.3) is 11.0 Å². The van der Waals surface area contributed by atoms with E-state index in [1.165, 1.54) is 5.56 Å². The topological polar surface area (TPSA) is 32.3 Å². The number of likely N-dealkylation sites (N-methyl/N-ethyl adjacent to an activating group) is 1. The Hall–Kier alpha value is -1.68. The summed E-state index contributed by atoms with van der Waals surface area (Å²) in [5.41, 5.74) is 3.19. The molecule has 0 unspecified atom stereocenters. The summed E-state index contributed by atoms with van der Waals surface area (Å²) in [6.45, 7) is 6.33. The summed E-state index contributed by atoms with van der Waals surface area (Å²) >= 11 is 0. The summed E-state index contributed by atoms with van der Waals surface area (Å²) in [5.74, 6) is 1.00. The van der Waals surface area contributed by atoms with Crippen molar-refractivity contribution >= 4 is 16.9 Å². The molecular formula is C14H18N4. The van der Waals surface area contributed by atoms with Crippen LogP contribution in [0.5, 0.6) is 0 Å². The summed E-state index contributed by atoms with van der Waals surface area (Å²) in [4.78, 5) is 13.9. The quantitative estimate of drug-likeness (QED) is 0.762. The first-order valence-electron chi connectivity index (χ1n) is 6.39. The van der Waals surface area contributed by atoms with Crippen molar-refractivity contribution in [1.82, 2.24) is 14.9 Å². The van der Waals surface area contributed by atoms with E-state index in [4.69, 9.17) is 4.98 Å². The van der Waals surface area contributed by atoms with Crippen molar-refractivity contribution in [1.29, 1.82) is 0 Å². The molecule has 0 spiro atoms. The van der Waals surface area contributed by atoms with Gasteiger partial charge in [-0.1, -0.05) is 6.07 Å². The van der Waals surface area contributed by atoms with Crippen molar-refractivity contribution in [2.45, 2.75) is 6.92 Å². The molecule has 2 heterocycles. The monoisotopic (exact) mass is 242 g/mol. The van der Waals surface area contributed by atoms with Crippen molar-refractivity contribution in [2.24, 2.45) is 0 Å². The summed E-state index contributed by atoms with van der Waals surface area (Å²) in [5, 5.41) is 0. The molecule has 2 aromatic rings. The van der Waals surface area contributed by atoms with Gasteiger partial charge < -0.3 is 9.80 Å². The maximum absolute atomic E-state index is 4.73. The van der Waals surface area contributed by atoms with Crippen LogP contribution in [0.15, 0.2) is 24.4 Å². The molecule has 18 heavy (non-hydrogen) atoms. The average Bonchev–Trinajstić information content (AvgIpc) is 2.38. The first-order valence-corrected chi connectivity index (χ1v) is 6.39. The Balaban J connectivity index is 1.92. The van der Waals surface area contributed by atoms with Gasteiger partial charge in [-0.05, 0) is 31.7 Å². The number of hydrogen-bond donors (Lipinski definition) is 0. The van der Waals surface area contributed by atoms with E-state index in [1.54, 1.807) is 0 Å². The van der Waals surface area contributed by atoms with Crippen molar-refractivity contribution in [3.8, 4) is 0 Å². The fraction of sp³-hybridized carbons (Fsp3) is 0.429. The van der Waals surface area contributed by atoms with Gasteiger partial charge in [-0.15, -0.1) is 0 Å². The van der Waals surface area contributed by atoms with Crippen LogP contribution in [-0.2, 0) is 0 Å². The van der Waals surface area contributed by atoms with Gasteiger partial charge in [0.2, 0.25) is 0 Å². The third kappa shape index (κ3) is 2.16. The Labute approximate surface area is 107 Å². The number of aryl methyl sites for hydroxylation is 1. The van der Waals surface area contributed by atoms with E-state index in [0.29, 0.717) is 0 Å². The largest absolute Gasteiger partial charge is 0.353 e. The highest BCUT2D eigenvalue weighted by Crippen LogP contribution is 2.17. The predicted octanol–water partition coefficient (Wildman–Crippen LogP) is 1.69. The fourth-order valence-corrected chi connectivity index (χ4v) is 2.30. The molecule has 0 radical (unpaired) electrons. The molecule has 0 N–H and O–H groups in total. The lowest BCUT2D eigenvalue weighted by Crippen LogP contribution is -2.44. The molecule has 1 aromatic heterocycles. The lowest BCUT2D eigenvalue weighted by atomic mass is 10.2. The van der Waals surface area contributed by atoms with Crippen LogP contribution in [0.3, 0.4) is 0 Å². The second-order valence-corrected chi connectivity index (χ2v) is 5.01. The SMILES string of the molecule is Cc1ccc2ncc(N3CCN(C)CC3)nc2c1. The minimum Gasteiger partial charge on any atom is -0.353 e. The molecule has 0 bridgehead atoms. The van der Waals surface area contributed by atoms with Crippen LogP contribution < -0.4 is 4.90 Å². The van der Waals surface area contributed by atoms with E-state index in [1.807, 2.05) is 12.3 Å². The Kier molecular flexibility index (Phi) is 2.88. The zero-order valence-electron chi connectivity index (χ0n) is 10.9. The van der Waals surface area contributed by atoms with Crippen LogP contribution in [0, 0.1) is 6.92 Å². The third-order valence-electron chi connectivity index (χ3n) is 3.51. The highest BCUT2D eigenvalue weighted by Gasteiger charge is 2.15. The highest BCUT2D eigenvalue weighted by atomic mass is 15.3. The maximum Gasteiger partial charge on any atom is 0.147 e. The standard InChI is InChI=1S/C14H18N4/c1-11-3-4-12-13(9-11)16-14(10-15-12)18-7-5-17(2)6-8-18/h3-4,9-10H,5-8H2,1-2H3. The van der Waals surface area contributed by atoms with Gasteiger partial charge in [0.15, 0.2) is 0 Å². The molecule has 1 aliphatic rings. The predicted molar refractivity (Wildman–Crippen MR) is 74.0 cm³/mol. The van der Waals surface area contributed by atoms with E-state index in [0.717, 1.165) is 43.0 Å². The van der Waals surface area contributed by atoms with Crippen molar-refractivity contribution in [2.75, 3.05) is 38.1 Å². The van der Waals surface area contributed by atoms with Gasteiger partial charge in [-0.3, -0.25) is 4.98 Å². The molecule has 0 amide bonds. The number of anilines is 1. The molecule has 4 heteroatoms. The van der Waals surface area contributed by atoms with Gasteiger partial charge in [-0.2, -0.15) is 0 Å². The third-order valence-corrected chi connectivity index (χ3v) is 3.51. The van der Waals surface area contributed by atoms with Crippen molar-refractivity contribution in [3.05, 3.63) is 30.0 Å². The van der Waals surface area contributed by atoms with Gasteiger partial charge in [0.1, 0.15) is 5.82 Å². The minimum atomic E-state index is 0.971. The van der Waals surface area contributed by atoms with Gasteiger partial charge in [0, 0.05) is 26.2 Å². The maximum atomic E-state index is 4.73. The van der Waals surface area contributed by atoms with Crippen molar-refractivity contribution in [3.63, 3.8) is 0 Å². The Morgan fingerprint density at radius 2 is 1.83 bits per heavy atom. The number of rotatable bonds is 1. The zero-order valence-corrected chi connectivity index (χ0v) is 10.9. The number of nitrogens with zero attached hydrogens (tertiary/aromatic N) is 4. The number of aromatic nitrogens is 2. The molecule has 1 aliphatic heterocycles. The van der Waals surface area contributed by atoms with Gasteiger partial charge in [0.05, 0.1) is 17.2 Å². The second kappa shape index (κ2) is 4.53. The summed E-state index contributed by atoms with van der Waals surface area (Å²) in [7, 11) is 2.16. The Morgan fingerprint density at radius 3 is 2.61 bits per heavy atom. The second-order valence-electron chi connectivity index (χ2n) is 5.01. The normalized spacial score (nSPS) is 17.3. The number of fused-ring (bicyclic) bond motifs is 1. The smallest absolute Gasteiger partial charge is 0.147 e. The number of hydrogen-bond acceptors (Lipinski definition) is 4. The summed E-state index contributed by atoms with van der Waals surface area (Å²) < 4.78 is 0. The summed E-state index contributed by atoms with van der Waals surface area (Å²) in [6.07, 6.45) is 1.89. The van der Waals surface area contributed by atoms with E-state index in [-0.39, 0.29) is 0 Å². The van der Waals surface area contributed by atoms with E-state index < -0.39 is 0 Å². The average molecular weight is 242 g/mol. The lowest BCUT2D eigenvalue weighted by molar-refractivity contribution is 0.312. The zero-order chi connectivity index (χ0) is 12.5. The molecule has 3 rings (SSSR count). The molecule has 1 fully saturated rings. The Morgan fingerprint density at radius 1 is 1.06 bits per heavy atom. The molecule has 1 saturated heterocycles. The molecule has 94 valence electrons. The Bertz CT molecular complexity index is 559. The van der Waals surface area contributed by atoms with E-state index in [9.17, 15) is 0 Å². The van der Waals surface area contributed by atoms with Gasteiger partial charge in [-0.25, -0.2) is 4.98 Å². The molecule has 1 aromatic carbocycles. The molecule has 0 aliphatic carbocycles. The van der Waals surface area contributed by atoms with E-state index >= 15 is 0 Å². The van der Waals surface area contributed by atoms with Gasteiger partial charge in [0.25, 0.3) is 0 Å². The first kappa shape index (κ1) is 11.4. The minimum absolute atomic E-state index is 0.971. The number of benzene rings is 1. The van der Waals surface area contributed by atoms with Crippen LogP contribution >= 0.6 is 0 Å². The fourth-order valence-electron chi connectivity index (χ4n) is 2.30. The molecule has 0 atom stereocenters. The van der Waals surface area contributed by atoms with Crippen molar-refractivity contribution < 1.29 is 0 Å². The summed E-state index contributed by atoms with van der Waals surface area (Å²) in [6, 6.07) is 6.21. The first-order chi connectivity index (χ1) is 8.72. The lowest BCUT2D eigenvalue weighted by Gasteiger charge is -2.33. The van der Waals surface area contributed by atoms with Crippen LogP contribution in [-0.4, -0.2) is 48.1 Å². The molecule has 0 saturated carbocycles.